The van der Waals surface area contributed by atoms with Crippen LogP contribution in [0.15, 0.2) is 48.5 Å². The molecule has 2 N–H and O–H groups in total. The summed E-state index contributed by atoms with van der Waals surface area (Å²) in [5.74, 6) is 0.423. The van der Waals surface area contributed by atoms with Crippen molar-refractivity contribution in [3.63, 3.8) is 0 Å². The highest BCUT2D eigenvalue weighted by Crippen LogP contribution is 2.45. The van der Waals surface area contributed by atoms with Gasteiger partial charge in [-0.1, -0.05) is 36.8 Å². The number of H-pyrrole nitrogens is 1. The lowest BCUT2D eigenvalue weighted by Gasteiger charge is -2.41. The van der Waals surface area contributed by atoms with E-state index in [0.717, 1.165) is 12.0 Å². The zero-order valence-electron chi connectivity index (χ0n) is 19.4. The van der Waals surface area contributed by atoms with Gasteiger partial charge in [-0.25, -0.2) is 0 Å². The zero-order chi connectivity index (χ0) is 24.4. The molecular formula is C25H26N6O4. The van der Waals surface area contributed by atoms with Crippen molar-refractivity contribution in [3.8, 4) is 0 Å². The number of nitrogens with one attached hydrogen (secondary N) is 2. The lowest BCUT2D eigenvalue weighted by molar-refractivity contribution is -0.116. The number of benzene rings is 2. The third-order valence-corrected chi connectivity index (χ3v) is 6.25. The predicted octanol–water partition coefficient (Wildman–Crippen LogP) is 3.27. The first-order chi connectivity index (χ1) is 17.1. The van der Waals surface area contributed by atoms with Gasteiger partial charge in [0.15, 0.2) is 5.82 Å². The summed E-state index contributed by atoms with van der Waals surface area (Å²) in [5.41, 5.74) is 2.66. The maximum Gasteiger partial charge on any atom is 0.260 e. The summed E-state index contributed by atoms with van der Waals surface area (Å²) in [6, 6.07) is 14.7. The molecule has 3 aromatic rings. The SMILES string of the molecule is COCc1nc(NC(=O)CCCCCN2C(=O)c3ccccc3N3C(=O)c4ccccc4[C@H]23)n[nH]1. The van der Waals surface area contributed by atoms with Crippen molar-refractivity contribution in [2.75, 3.05) is 23.9 Å². The lowest BCUT2D eigenvalue weighted by Crippen LogP contribution is -2.48. The first kappa shape index (κ1) is 22.7. The van der Waals surface area contributed by atoms with Gasteiger partial charge in [-0.3, -0.25) is 29.7 Å². The van der Waals surface area contributed by atoms with Crippen molar-refractivity contribution in [1.82, 2.24) is 20.1 Å². The molecule has 0 fully saturated rings. The molecule has 0 radical (unpaired) electrons. The first-order valence-corrected chi connectivity index (χ1v) is 11.6. The van der Waals surface area contributed by atoms with Crippen molar-refractivity contribution in [2.45, 2.75) is 38.5 Å². The standard InChI is InChI=1S/C25H26N6O4/c1-35-15-20-26-25(29-28-20)27-21(32)13-3-2-8-14-30-22-16-9-4-5-10-17(16)24(34)31(22)19-12-7-6-11-18(19)23(30)33/h4-7,9-12,22H,2-3,8,13-15H2,1H3,(H2,26,27,28,29,32)/t22-/m1/s1. The van der Waals surface area contributed by atoms with E-state index in [2.05, 4.69) is 20.5 Å². The molecule has 180 valence electrons. The normalized spacial score (nSPS) is 16.2. The van der Waals surface area contributed by atoms with Gasteiger partial charge in [0.2, 0.25) is 11.9 Å². The van der Waals surface area contributed by atoms with Crippen molar-refractivity contribution in [3.05, 3.63) is 71.0 Å². The van der Waals surface area contributed by atoms with Gasteiger partial charge in [0.1, 0.15) is 12.8 Å². The van der Waals surface area contributed by atoms with Crippen LogP contribution < -0.4 is 10.2 Å². The van der Waals surface area contributed by atoms with Gasteiger partial charge in [0, 0.05) is 31.2 Å². The molecule has 10 nitrogen and oxygen atoms in total. The molecule has 3 heterocycles. The number of unbranched alkanes of at least 4 members (excludes halogenated alkanes) is 2. The molecule has 35 heavy (non-hydrogen) atoms. The molecule has 1 aromatic heterocycles. The number of carbonyl (C=O) groups is 3. The molecule has 0 aliphatic carbocycles. The van der Waals surface area contributed by atoms with E-state index in [1.807, 2.05) is 42.5 Å². The van der Waals surface area contributed by atoms with Crippen LogP contribution in [-0.4, -0.2) is 51.5 Å². The monoisotopic (exact) mass is 474 g/mol. The minimum Gasteiger partial charge on any atom is -0.377 e. The molecule has 10 heteroatoms. The maximum atomic E-state index is 13.4. The Kier molecular flexibility index (Phi) is 6.28. The first-order valence-electron chi connectivity index (χ1n) is 11.6. The van der Waals surface area contributed by atoms with Crippen molar-refractivity contribution in [1.29, 1.82) is 0 Å². The second kappa shape index (κ2) is 9.67. The van der Waals surface area contributed by atoms with E-state index >= 15 is 0 Å². The molecule has 0 bridgehead atoms. The Morgan fingerprint density at radius 2 is 1.80 bits per heavy atom. The summed E-state index contributed by atoms with van der Waals surface area (Å²) in [6.07, 6.45) is 1.99. The summed E-state index contributed by atoms with van der Waals surface area (Å²) < 4.78 is 4.97. The molecule has 2 aliphatic rings. The van der Waals surface area contributed by atoms with Gasteiger partial charge in [0.05, 0.1) is 11.3 Å². The maximum absolute atomic E-state index is 13.4. The third kappa shape index (κ3) is 4.28. The molecule has 3 amide bonds. The summed E-state index contributed by atoms with van der Waals surface area (Å²) in [7, 11) is 1.55. The number of para-hydroxylation sites is 1. The fourth-order valence-corrected chi connectivity index (χ4v) is 4.68. The number of nitrogens with zero attached hydrogens (tertiary/aromatic N) is 4. The van der Waals surface area contributed by atoms with Crippen LogP contribution >= 0.6 is 0 Å². The average Bonchev–Trinajstić information content (AvgIpc) is 3.43. The van der Waals surface area contributed by atoms with Crippen LogP contribution in [-0.2, 0) is 16.1 Å². The Morgan fingerprint density at radius 1 is 1.03 bits per heavy atom. The Labute approximate surface area is 202 Å². The summed E-state index contributed by atoms with van der Waals surface area (Å²) in [6.45, 7) is 0.774. The molecule has 0 saturated carbocycles. The molecule has 2 aliphatic heterocycles. The Morgan fingerprint density at radius 3 is 2.63 bits per heavy atom. The van der Waals surface area contributed by atoms with Gasteiger partial charge in [0.25, 0.3) is 11.8 Å². The van der Waals surface area contributed by atoms with Crippen molar-refractivity contribution in [2.24, 2.45) is 0 Å². The zero-order valence-corrected chi connectivity index (χ0v) is 19.4. The highest BCUT2D eigenvalue weighted by molar-refractivity contribution is 6.16. The fourth-order valence-electron chi connectivity index (χ4n) is 4.68. The van der Waals surface area contributed by atoms with Crippen LogP contribution in [0.25, 0.3) is 0 Å². The number of methoxy groups -OCH3 is 1. The van der Waals surface area contributed by atoms with Crippen molar-refractivity contribution >= 4 is 29.4 Å². The van der Waals surface area contributed by atoms with Crippen molar-refractivity contribution < 1.29 is 19.1 Å². The lowest BCUT2D eigenvalue weighted by atomic mass is 10.0. The van der Waals surface area contributed by atoms with E-state index < -0.39 is 6.17 Å². The highest BCUT2D eigenvalue weighted by Gasteiger charge is 2.47. The Bertz CT molecular complexity index is 1270. The van der Waals surface area contributed by atoms with Gasteiger partial charge in [-0.05, 0) is 31.0 Å². The number of hydrogen-bond acceptors (Lipinski definition) is 6. The van der Waals surface area contributed by atoms with Gasteiger partial charge < -0.3 is 9.64 Å². The van der Waals surface area contributed by atoms with E-state index in [4.69, 9.17) is 4.74 Å². The Hall–Kier alpha value is -4.05. The largest absolute Gasteiger partial charge is 0.377 e. The number of rotatable bonds is 9. The highest BCUT2D eigenvalue weighted by atomic mass is 16.5. The Balaban J connectivity index is 1.21. The van der Waals surface area contributed by atoms with Crippen LogP contribution in [0.4, 0.5) is 11.6 Å². The number of aromatic nitrogens is 3. The topological polar surface area (TPSA) is 121 Å². The second-order valence-corrected chi connectivity index (χ2v) is 8.55. The average molecular weight is 475 g/mol. The quantitative estimate of drug-likeness (QED) is 0.459. The predicted molar refractivity (Wildman–Crippen MR) is 128 cm³/mol. The molecule has 0 saturated heterocycles. The smallest absolute Gasteiger partial charge is 0.260 e. The molecule has 0 unspecified atom stereocenters. The number of anilines is 2. The van der Waals surface area contributed by atoms with Crippen LogP contribution in [0.3, 0.4) is 0 Å². The van der Waals surface area contributed by atoms with E-state index in [9.17, 15) is 14.4 Å². The molecular weight excluding hydrogens is 448 g/mol. The molecule has 1 atom stereocenters. The molecule has 0 spiro atoms. The minimum atomic E-state index is -0.448. The number of aromatic amines is 1. The van der Waals surface area contributed by atoms with E-state index in [1.54, 1.807) is 23.0 Å². The fraction of sp³-hybridized carbons (Fsp3) is 0.320. The van der Waals surface area contributed by atoms with Crippen LogP contribution in [0.1, 0.15) is 64.0 Å². The number of hydrogen-bond donors (Lipinski definition) is 2. The van der Waals surface area contributed by atoms with Gasteiger partial charge >= 0.3 is 0 Å². The minimum absolute atomic E-state index is 0.0828. The summed E-state index contributed by atoms with van der Waals surface area (Å²) in [4.78, 5) is 46.4. The van der Waals surface area contributed by atoms with Gasteiger partial charge in [-0.2, -0.15) is 4.98 Å². The van der Waals surface area contributed by atoms with E-state index in [0.29, 0.717) is 48.4 Å². The number of amides is 3. The van der Waals surface area contributed by atoms with Crippen LogP contribution in [0.2, 0.25) is 0 Å². The number of carbonyl (C=O) groups excluding carboxylic acids is 3. The second-order valence-electron chi connectivity index (χ2n) is 8.55. The molecule has 5 rings (SSSR count). The van der Waals surface area contributed by atoms with Crippen LogP contribution in [0, 0.1) is 0 Å². The summed E-state index contributed by atoms with van der Waals surface area (Å²) >= 11 is 0. The third-order valence-electron chi connectivity index (χ3n) is 6.25. The number of ether oxygens (including phenoxy) is 1. The van der Waals surface area contributed by atoms with E-state index in [-0.39, 0.29) is 30.3 Å². The molecule has 2 aromatic carbocycles. The number of fused-ring (bicyclic) bond motifs is 5. The van der Waals surface area contributed by atoms with Crippen LogP contribution in [0.5, 0.6) is 0 Å². The summed E-state index contributed by atoms with van der Waals surface area (Å²) in [5, 5.41) is 9.30. The van der Waals surface area contributed by atoms with E-state index in [1.165, 1.54) is 0 Å². The van der Waals surface area contributed by atoms with Gasteiger partial charge in [-0.15, -0.1) is 5.10 Å².